The summed E-state index contributed by atoms with van der Waals surface area (Å²) in [6.45, 7) is 5.52. The molecule has 0 spiro atoms. The maximum Gasteiger partial charge on any atom is 0.411 e. The number of esters is 1. The van der Waals surface area contributed by atoms with Gasteiger partial charge in [-0.1, -0.05) is 18.2 Å². The molecule has 0 aromatic heterocycles. The molecule has 0 radical (unpaired) electrons. The van der Waals surface area contributed by atoms with E-state index >= 15 is 0 Å². The Labute approximate surface area is 138 Å². The van der Waals surface area contributed by atoms with Crippen LogP contribution in [0.25, 0.3) is 0 Å². The van der Waals surface area contributed by atoms with Crippen molar-refractivity contribution in [2.24, 2.45) is 0 Å². The van der Waals surface area contributed by atoms with Crippen LogP contribution in [0, 0.1) is 0 Å². The monoisotopic (exact) mass is 339 g/mol. The molecule has 2 unspecified atom stereocenters. The van der Waals surface area contributed by atoms with Gasteiger partial charge >= 0.3 is 12.1 Å². The quantitative estimate of drug-likeness (QED) is 0.789. The molecule has 23 heavy (non-hydrogen) atoms. The molecule has 0 N–H and O–H groups in total. The van der Waals surface area contributed by atoms with E-state index in [2.05, 4.69) is 0 Å². The van der Waals surface area contributed by atoms with Crippen molar-refractivity contribution in [3.05, 3.63) is 35.9 Å². The maximum atomic E-state index is 12.2. The molecule has 1 aromatic rings. The summed E-state index contributed by atoms with van der Waals surface area (Å²) in [7, 11) is -1.26. The number of benzene rings is 1. The number of hydrogen-bond acceptors (Lipinski definition) is 5. The normalized spacial score (nSPS) is 21.1. The van der Waals surface area contributed by atoms with Gasteiger partial charge in [-0.3, -0.25) is 9.11 Å². The van der Waals surface area contributed by atoms with Crippen molar-refractivity contribution >= 4 is 22.9 Å². The van der Waals surface area contributed by atoms with E-state index in [1.54, 1.807) is 51.1 Å². The fourth-order valence-corrected chi connectivity index (χ4v) is 3.45. The van der Waals surface area contributed by atoms with Gasteiger partial charge in [-0.15, -0.1) is 0 Å². The summed E-state index contributed by atoms with van der Waals surface area (Å²) in [5.41, 5.74) is -0.216. The zero-order chi connectivity index (χ0) is 17.0. The molecule has 2 rings (SSSR count). The lowest BCUT2D eigenvalue weighted by Crippen LogP contribution is -2.43. The zero-order valence-electron chi connectivity index (χ0n) is 13.5. The van der Waals surface area contributed by atoms with E-state index in [1.807, 2.05) is 0 Å². The Bertz CT molecular complexity index is 596. The summed E-state index contributed by atoms with van der Waals surface area (Å²) in [5, 5.41) is -0.669. The van der Waals surface area contributed by atoms with Gasteiger partial charge in [-0.05, 0) is 32.9 Å². The van der Waals surface area contributed by atoms with E-state index in [-0.39, 0.29) is 6.61 Å². The van der Waals surface area contributed by atoms with Gasteiger partial charge in [0.2, 0.25) is 0 Å². The summed E-state index contributed by atoms with van der Waals surface area (Å²) in [6.07, 6.45) is -0.538. The second-order valence-corrected chi connectivity index (χ2v) is 7.89. The first kappa shape index (κ1) is 17.5. The number of ether oxygens (including phenoxy) is 2. The molecule has 1 fully saturated rings. The van der Waals surface area contributed by atoms with Crippen molar-refractivity contribution in [1.82, 2.24) is 4.90 Å². The Morgan fingerprint density at radius 1 is 1.26 bits per heavy atom. The number of amides is 1. The van der Waals surface area contributed by atoms with Gasteiger partial charge in [-0.2, -0.15) is 0 Å². The molecule has 0 saturated carbocycles. The van der Waals surface area contributed by atoms with Crippen molar-refractivity contribution < 1.29 is 23.3 Å². The van der Waals surface area contributed by atoms with Gasteiger partial charge in [0.25, 0.3) is 0 Å². The van der Waals surface area contributed by atoms with Gasteiger partial charge in [-0.25, -0.2) is 9.59 Å². The third kappa shape index (κ3) is 4.79. The number of hydrogen-bond donors (Lipinski definition) is 0. The van der Waals surface area contributed by atoms with Crippen LogP contribution in [0.5, 0.6) is 0 Å². The second-order valence-electron chi connectivity index (χ2n) is 6.18. The second kappa shape index (κ2) is 7.12. The van der Waals surface area contributed by atoms with E-state index in [1.165, 1.54) is 4.90 Å². The third-order valence-corrected chi connectivity index (χ3v) is 4.76. The zero-order valence-corrected chi connectivity index (χ0v) is 14.3. The van der Waals surface area contributed by atoms with E-state index < -0.39 is 33.8 Å². The summed E-state index contributed by atoms with van der Waals surface area (Å²) in [6, 6.07) is 8.54. The van der Waals surface area contributed by atoms with Crippen molar-refractivity contribution in [3.8, 4) is 0 Å². The minimum atomic E-state index is -1.26. The lowest BCUT2D eigenvalue weighted by atomic mass is 10.2. The highest BCUT2D eigenvalue weighted by Crippen LogP contribution is 2.19. The molecule has 1 aliphatic rings. The topological polar surface area (TPSA) is 72.9 Å². The van der Waals surface area contributed by atoms with Crippen LogP contribution in [0.2, 0.25) is 0 Å². The van der Waals surface area contributed by atoms with Crippen LogP contribution < -0.4 is 0 Å². The first-order valence-corrected chi connectivity index (χ1v) is 8.75. The molecular formula is C16H21NO5S. The molecule has 2 atom stereocenters. The van der Waals surface area contributed by atoms with Crippen LogP contribution in [0.4, 0.5) is 4.79 Å². The summed E-state index contributed by atoms with van der Waals surface area (Å²) in [5.74, 6) is -0.147. The molecule has 1 amide bonds. The molecule has 1 aromatic carbocycles. The van der Waals surface area contributed by atoms with Crippen LogP contribution in [0.3, 0.4) is 0 Å². The fraction of sp³-hybridized carbons (Fsp3) is 0.500. The van der Waals surface area contributed by atoms with Crippen LogP contribution in [0.15, 0.2) is 30.3 Å². The standard InChI is InChI=1S/C16H21NO5S/c1-16(2,3)22-15(19)17-9-10-23(20)13(17)11-21-14(18)12-7-5-4-6-8-12/h4-8,13H,9-11H2,1-3H3. The Morgan fingerprint density at radius 2 is 1.91 bits per heavy atom. The summed E-state index contributed by atoms with van der Waals surface area (Å²) in [4.78, 5) is 25.5. The number of carbonyl (C=O) groups is 2. The predicted molar refractivity (Wildman–Crippen MR) is 86.5 cm³/mol. The highest BCUT2D eigenvalue weighted by Gasteiger charge is 2.38. The molecule has 1 aliphatic heterocycles. The number of nitrogens with zero attached hydrogens (tertiary/aromatic N) is 1. The Balaban J connectivity index is 1.98. The molecule has 6 nitrogen and oxygen atoms in total. The van der Waals surface area contributed by atoms with Crippen LogP contribution in [-0.4, -0.2) is 51.1 Å². The average molecular weight is 339 g/mol. The predicted octanol–water partition coefficient (Wildman–Crippen LogP) is 2.17. The number of carbonyl (C=O) groups excluding carboxylic acids is 2. The van der Waals surface area contributed by atoms with Crippen molar-refractivity contribution in [2.45, 2.75) is 31.7 Å². The van der Waals surface area contributed by atoms with E-state index in [9.17, 15) is 13.8 Å². The molecule has 1 heterocycles. The molecule has 7 heteroatoms. The van der Waals surface area contributed by atoms with Crippen molar-refractivity contribution in [1.29, 1.82) is 0 Å². The van der Waals surface area contributed by atoms with Gasteiger partial charge in [0.1, 0.15) is 17.6 Å². The SMILES string of the molecule is CC(C)(C)OC(=O)N1CCS(=O)C1COC(=O)c1ccccc1. The Morgan fingerprint density at radius 3 is 2.52 bits per heavy atom. The van der Waals surface area contributed by atoms with E-state index in [0.717, 1.165) is 0 Å². The summed E-state index contributed by atoms with van der Waals surface area (Å²) >= 11 is 0. The maximum absolute atomic E-state index is 12.2. The van der Waals surface area contributed by atoms with Gasteiger partial charge in [0.05, 0.1) is 5.56 Å². The molecule has 126 valence electrons. The fourth-order valence-electron chi connectivity index (χ4n) is 2.11. The molecule has 0 aliphatic carbocycles. The molecular weight excluding hydrogens is 318 g/mol. The summed E-state index contributed by atoms with van der Waals surface area (Å²) < 4.78 is 22.6. The van der Waals surface area contributed by atoms with Crippen molar-refractivity contribution in [2.75, 3.05) is 18.9 Å². The third-order valence-electron chi connectivity index (χ3n) is 3.18. The smallest absolute Gasteiger partial charge is 0.411 e. The molecule has 1 saturated heterocycles. The minimum Gasteiger partial charge on any atom is -0.459 e. The lowest BCUT2D eigenvalue weighted by molar-refractivity contribution is 0.0159. The largest absolute Gasteiger partial charge is 0.459 e. The highest BCUT2D eigenvalue weighted by atomic mass is 32.2. The first-order chi connectivity index (χ1) is 10.8. The van der Waals surface area contributed by atoms with E-state index in [0.29, 0.717) is 17.9 Å². The van der Waals surface area contributed by atoms with Gasteiger partial charge in [0, 0.05) is 23.1 Å². The minimum absolute atomic E-state index is 0.112. The lowest BCUT2D eigenvalue weighted by Gasteiger charge is -2.27. The van der Waals surface area contributed by atoms with E-state index in [4.69, 9.17) is 9.47 Å². The molecule has 0 bridgehead atoms. The van der Waals surface area contributed by atoms with Gasteiger partial charge < -0.3 is 9.47 Å². The average Bonchev–Trinajstić information content (AvgIpc) is 2.85. The highest BCUT2D eigenvalue weighted by molar-refractivity contribution is 7.85. The first-order valence-electron chi connectivity index (χ1n) is 7.37. The van der Waals surface area contributed by atoms with Gasteiger partial charge in [0.15, 0.2) is 0 Å². The van der Waals surface area contributed by atoms with Crippen LogP contribution in [0.1, 0.15) is 31.1 Å². The van der Waals surface area contributed by atoms with Crippen molar-refractivity contribution in [3.63, 3.8) is 0 Å². The van der Waals surface area contributed by atoms with Crippen LogP contribution >= 0.6 is 0 Å². The Hall–Kier alpha value is -1.89. The Kier molecular flexibility index (Phi) is 5.41. The number of rotatable bonds is 3. The van der Waals surface area contributed by atoms with Crippen LogP contribution in [-0.2, 0) is 20.3 Å².